The Bertz CT molecular complexity index is 829. The molecule has 4 aromatic rings. The second kappa shape index (κ2) is 10.8. The quantitative estimate of drug-likeness (QED) is 0.424. The van der Waals surface area contributed by atoms with Crippen molar-refractivity contribution < 1.29 is 0 Å². The summed E-state index contributed by atoms with van der Waals surface area (Å²) in [6.07, 6.45) is 0. The van der Waals surface area contributed by atoms with Crippen molar-refractivity contribution in [2.24, 2.45) is 0 Å². The summed E-state index contributed by atoms with van der Waals surface area (Å²) in [4.78, 5) is 0. The predicted octanol–water partition coefficient (Wildman–Crippen LogP) is 3.85. The van der Waals surface area contributed by atoms with Crippen LogP contribution < -0.4 is 18.4 Å². The molecule has 0 unspecified atom stereocenters. The summed E-state index contributed by atoms with van der Waals surface area (Å²) in [5.41, 5.74) is 0. The first kappa shape index (κ1) is 20.4. The third kappa shape index (κ3) is 5.82. The number of hydrogen-bond donors (Lipinski definition) is 0. The van der Waals surface area contributed by atoms with E-state index in [9.17, 15) is 0 Å². The zero-order valence-electron chi connectivity index (χ0n) is 16.5. The minimum absolute atomic E-state index is 0.212. The van der Waals surface area contributed by atoms with Crippen molar-refractivity contribution in [1.29, 1.82) is 0 Å². The molecule has 0 aliphatic heterocycles. The second-order valence-corrected chi connectivity index (χ2v) is 14.6. The molecular formula is C26H26GeSi. The van der Waals surface area contributed by atoms with Crippen molar-refractivity contribution in [2.45, 2.75) is 13.1 Å². The maximum atomic E-state index is 2.31. The van der Waals surface area contributed by atoms with Gasteiger partial charge in [-0.3, -0.25) is 0 Å². The van der Waals surface area contributed by atoms with E-state index in [1.54, 1.807) is 0 Å². The number of hydrogen-bond acceptors (Lipinski definition) is 0. The normalized spacial score (nSPS) is 10.4. The van der Waals surface area contributed by atoms with Crippen LogP contribution in [0.2, 0.25) is 13.1 Å². The average Bonchev–Trinajstić information content (AvgIpc) is 2.77. The van der Waals surface area contributed by atoms with Gasteiger partial charge in [0, 0.05) is 0 Å². The average molecular weight is 439 g/mol. The van der Waals surface area contributed by atoms with E-state index in [1.807, 2.05) is 0 Å². The molecule has 0 aliphatic carbocycles. The summed E-state index contributed by atoms with van der Waals surface area (Å²) < 4.78 is 4.50. The van der Waals surface area contributed by atoms with Gasteiger partial charge in [-0.05, 0) is 0 Å². The molecule has 0 aromatic heterocycles. The van der Waals surface area contributed by atoms with Crippen LogP contribution in [0.15, 0.2) is 121 Å². The summed E-state index contributed by atoms with van der Waals surface area (Å²) in [6, 6.07) is 43.5. The van der Waals surface area contributed by atoms with Crippen molar-refractivity contribution in [3.05, 3.63) is 121 Å². The van der Waals surface area contributed by atoms with Gasteiger partial charge >= 0.3 is 119 Å². The van der Waals surface area contributed by atoms with Gasteiger partial charge in [-0.25, -0.2) is 0 Å². The van der Waals surface area contributed by atoms with Crippen LogP contribution in [-0.2, 0) is 0 Å². The number of rotatable bonds is 4. The molecular weight excluding hydrogens is 413 g/mol. The molecule has 0 amide bonds. The Labute approximate surface area is 175 Å². The Morgan fingerprint density at radius 1 is 0.429 bits per heavy atom. The molecule has 0 saturated carbocycles. The van der Waals surface area contributed by atoms with Crippen molar-refractivity contribution in [1.82, 2.24) is 0 Å². The van der Waals surface area contributed by atoms with Gasteiger partial charge in [0.25, 0.3) is 0 Å². The van der Waals surface area contributed by atoms with E-state index < -0.39 is 14.3 Å². The third-order valence-electron chi connectivity index (χ3n) is 4.54. The van der Waals surface area contributed by atoms with Crippen LogP contribution in [0.4, 0.5) is 0 Å². The molecule has 2 heteroatoms. The molecule has 0 aliphatic rings. The van der Waals surface area contributed by atoms with Crippen LogP contribution in [0, 0.1) is 0 Å². The standard InChI is InChI=1S/C18H15Ge.C8H11Si/c1-4-10-16(11-5-1)19(17-12-6-2-7-13-17)18-14-8-3-9-15-18;1-9(2)8-6-4-3-5-7-8/h1-15H;3-7H,1-2H3. The fourth-order valence-corrected chi connectivity index (χ4v) is 9.35. The van der Waals surface area contributed by atoms with Crippen LogP contribution in [0.25, 0.3) is 0 Å². The predicted molar refractivity (Wildman–Crippen MR) is 128 cm³/mol. The van der Waals surface area contributed by atoms with Gasteiger partial charge in [0.05, 0.1) is 8.80 Å². The Hall–Kier alpha value is -2.36. The van der Waals surface area contributed by atoms with E-state index in [4.69, 9.17) is 0 Å². The third-order valence-corrected chi connectivity index (χ3v) is 11.8. The van der Waals surface area contributed by atoms with E-state index in [2.05, 4.69) is 134 Å². The van der Waals surface area contributed by atoms with Gasteiger partial charge in [0.2, 0.25) is 0 Å². The first-order chi connectivity index (χ1) is 13.8. The number of benzene rings is 4. The fraction of sp³-hybridized carbons (Fsp3) is 0.0769. The molecule has 0 nitrogen and oxygen atoms in total. The summed E-state index contributed by atoms with van der Waals surface area (Å²) in [7, 11) is -0.212. The van der Waals surface area contributed by atoms with Gasteiger partial charge in [0.1, 0.15) is 0 Å². The zero-order valence-corrected chi connectivity index (χ0v) is 19.6. The van der Waals surface area contributed by atoms with Gasteiger partial charge in [-0.1, -0.05) is 48.6 Å². The van der Waals surface area contributed by atoms with Gasteiger partial charge in [-0.15, -0.1) is 0 Å². The molecule has 4 aromatic carbocycles. The Morgan fingerprint density at radius 2 is 0.714 bits per heavy atom. The molecule has 0 N–H and O–H groups in total. The monoisotopic (exact) mass is 440 g/mol. The fourth-order valence-electron chi connectivity index (χ4n) is 3.09. The summed E-state index contributed by atoms with van der Waals surface area (Å²) in [5, 5.41) is 1.52. The molecule has 0 atom stereocenters. The summed E-state index contributed by atoms with van der Waals surface area (Å²) in [6.45, 7) is 4.61. The van der Waals surface area contributed by atoms with E-state index in [1.165, 1.54) is 18.4 Å². The van der Waals surface area contributed by atoms with E-state index in [0.717, 1.165) is 0 Å². The molecule has 0 heterocycles. The van der Waals surface area contributed by atoms with Gasteiger partial charge < -0.3 is 0 Å². The molecule has 0 fully saturated rings. The van der Waals surface area contributed by atoms with Gasteiger partial charge in [-0.2, -0.15) is 0 Å². The summed E-state index contributed by atoms with van der Waals surface area (Å²) >= 11 is -1.63. The van der Waals surface area contributed by atoms with Crippen LogP contribution in [0.5, 0.6) is 0 Å². The zero-order chi connectivity index (χ0) is 19.6. The van der Waals surface area contributed by atoms with E-state index in [0.29, 0.717) is 0 Å². The Balaban J connectivity index is 0.000000211. The Kier molecular flexibility index (Phi) is 7.89. The molecule has 2 radical (unpaired) electrons. The van der Waals surface area contributed by atoms with Crippen LogP contribution in [-0.4, -0.2) is 23.1 Å². The first-order valence-electron chi connectivity index (χ1n) is 9.64. The van der Waals surface area contributed by atoms with Crippen molar-refractivity contribution >= 4 is 41.5 Å². The molecule has 4 rings (SSSR count). The molecule has 138 valence electrons. The molecule has 0 bridgehead atoms. The molecule has 0 saturated heterocycles. The van der Waals surface area contributed by atoms with Crippen LogP contribution in [0.1, 0.15) is 0 Å². The molecule has 28 heavy (non-hydrogen) atoms. The maximum absolute atomic E-state index is 2.31. The van der Waals surface area contributed by atoms with Gasteiger partial charge in [0.15, 0.2) is 0 Å². The molecule has 0 spiro atoms. The Morgan fingerprint density at radius 3 is 0.964 bits per heavy atom. The van der Waals surface area contributed by atoms with E-state index in [-0.39, 0.29) is 8.80 Å². The topological polar surface area (TPSA) is 0 Å². The van der Waals surface area contributed by atoms with Crippen molar-refractivity contribution in [3.8, 4) is 0 Å². The van der Waals surface area contributed by atoms with E-state index >= 15 is 0 Å². The first-order valence-corrected chi connectivity index (χ1v) is 15.3. The van der Waals surface area contributed by atoms with Crippen LogP contribution in [0.3, 0.4) is 0 Å². The summed E-state index contributed by atoms with van der Waals surface area (Å²) in [5.74, 6) is 0. The SMILES string of the molecule is C[Si](C)c1ccccc1.c1cc[c]([Ge]([c]2ccccc2)[c]2ccccc2)cc1. The van der Waals surface area contributed by atoms with Crippen molar-refractivity contribution in [3.63, 3.8) is 0 Å². The van der Waals surface area contributed by atoms with Crippen LogP contribution >= 0.6 is 0 Å². The minimum atomic E-state index is -1.63. The van der Waals surface area contributed by atoms with Crippen molar-refractivity contribution in [2.75, 3.05) is 0 Å². The second-order valence-electron chi connectivity index (χ2n) is 6.84.